The molecule has 0 radical (unpaired) electrons. The Morgan fingerprint density at radius 3 is 2.77 bits per heavy atom. The minimum Gasteiger partial charge on any atom is -0.363 e. The number of rotatable bonds is 4. The van der Waals surface area contributed by atoms with Crippen LogP contribution >= 0.6 is 23.4 Å². The van der Waals surface area contributed by atoms with Crippen molar-refractivity contribution in [2.24, 2.45) is 5.41 Å². The minimum atomic E-state index is 0.171. The first-order chi connectivity index (χ1) is 14.3. The average Bonchev–Trinajstić information content (AvgIpc) is 2.73. The van der Waals surface area contributed by atoms with Crippen LogP contribution in [0.25, 0.3) is 0 Å². The lowest BCUT2D eigenvalue weighted by Gasteiger charge is -2.32. The maximum absolute atomic E-state index is 6.41. The van der Waals surface area contributed by atoms with Gasteiger partial charge in [-0.05, 0) is 35.8 Å². The van der Waals surface area contributed by atoms with Crippen molar-refractivity contribution < 1.29 is 0 Å². The van der Waals surface area contributed by atoms with Gasteiger partial charge >= 0.3 is 0 Å². The molecule has 0 amide bonds. The number of pyridine rings is 1. The van der Waals surface area contributed by atoms with Crippen LogP contribution in [0.1, 0.15) is 38.4 Å². The Morgan fingerprint density at radius 1 is 1.27 bits per heavy atom. The molecule has 0 saturated heterocycles. The third-order valence-electron chi connectivity index (χ3n) is 5.55. The zero-order valence-electron chi connectivity index (χ0n) is 17.9. The van der Waals surface area contributed by atoms with Gasteiger partial charge in [0.05, 0.1) is 10.7 Å². The van der Waals surface area contributed by atoms with Gasteiger partial charge in [-0.3, -0.25) is 0 Å². The van der Waals surface area contributed by atoms with E-state index < -0.39 is 0 Å². The number of nitrogens with one attached hydrogen (secondary N) is 1. The second kappa shape index (κ2) is 8.60. The quantitative estimate of drug-likeness (QED) is 0.497. The molecule has 0 spiro atoms. The van der Waals surface area contributed by atoms with Gasteiger partial charge in [0.25, 0.3) is 0 Å². The van der Waals surface area contributed by atoms with Crippen LogP contribution in [0.2, 0.25) is 5.02 Å². The largest absolute Gasteiger partial charge is 0.363 e. The van der Waals surface area contributed by atoms with E-state index in [4.69, 9.17) is 21.6 Å². The monoisotopic (exact) mass is 441 g/mol. The van der Waals surface area contributed by atoms with Crippen LogP contribution in [0.4, 0.5) is 11.6 Å². The Hall–Kier alpha value is -2.05. The number of hydrogen-bond acceptors (Lipinski definition) is 6. The smallest absolute Gasteiger partial charge is 0.189 e. The molecule has 7 heteroatoms. The number of nitrogens with zero attached hydrogens (tertiary/aromatic N) is 4. The molecule has 0 bridgehead atoms. The number of halogens is 1. The number of anilines is 2. The van der Waals surface area contributed by atoms with Gasteiger partial charge in [0.15, 0.2) is 5.16 Å². The SMILES string of the molecule is CSc1nc2c(c(NC3C=CC(C(C)(C)C)=CC3)n1)CN(c1ncccc1Cl)CC2. The highest BCUT2D eigenvalue weighted by Gasteiger charge is 2.26. The van der Waals surface area contributed by atoms with E-state index in [9.17, 15) is 0 Å². The molecule has 1 aliphatic carbocycles. The minimum absolute atomic E-state index is 0.171. The Kier molecular flexibility index (Phi) is 6.07. The number of hydrogen-bond donors (Lipinski definition) is 1. The van der Waals surface area contributed by atoms with E-state index in [2.05, 4.69) is 54.2 Å². The summed E-state index contributed by atoms with van der Waals surface area (Å²) in [5, 5.41) is 5.15. The maximum Gasteiger partial charge on any atom is 0.189 e. The van der Waals surface area contributed by atoms with E-state index in [-0.39, 0.29) is 11.5 Å². The van der Waals surface area contributed by atoms with Crippen LogP contribution in [-0.2, 0) is 13.0 Å². The molecule has 2 aliphatic rings. The number of fused-ring (bicyclic) bond motifs is 1. The first-order valence-electron chi connectivity index (χ1n) is 10.3. The summed E-state index contributed by atoms with van der Waals surface area (Å²) in [4.78, 5) is 16.3. The Morgan fingerprint density at radius 2 is 2.10 bits per heavy atom. The molecule has 1 unspecified atom stereocenters. The molecule has 0 fully saturated rings. The van der Waals surface area contributed by atoms with Crippen LogP contribution in [0.3, 0.4) is 0 Å². The van der Waals surface area contributed by atoms with Gasteiger partial charge in [-0.25, -0.2) is 15.0 Å². The van der Waals surface area contributed by atoms with E-state index in [0.717, 1.165) is 47.4 Å². The third-order valence-corrected chi connectivity index (χ3v) is 6.39. The van der Waals surface area contributed by atoms with E-state index in [1.807, 2.05) is 18.4 Å². The van der Waals surface area contributed by atoms with Crippen molar-refractivity contribution >= 4 is 35.0 Å². The fourth-order valence-corrected chi connectivity index (χ4v) is 4.48. The summed E-state index contributed by atoms with van der Waals surface area (Å²) in [6.07, 6.45) is 12.4. The van der Waals surface area contributed by atoms with Gasteiger partial charge in [-0.15, -0.1) is 0 Å². The van der Waals surface area contributed by atoms with Gasteiger partial charge in [0.2, 0.25) is 0 Å². The topological polar surface area (TPSA) is 53.9 Å². The molecule has 1 N–H and O–H groups in total. The standard InChI is InChI=1S/C23H28ClN5S/c1-23(2,3)15-7-9-16(10-8-15)26-20-17-14-29(21-18(24)6-5-12-25-21)13-11-19(17)27-22(28-20)30-4/h5-9,12,16H,10-11,13-14H2,1-4H3,(H,26,27,28). The first kappa shape index (κ1) is 21.2. The third kappa shape index (κ3) is 4.49. The molecule has 158 valence electrons. The fraction of sp³-hybridized carbons (Fsp3) is 0.435. The predicted octanol–water partition coefficient (Wildman–Crippen LogP) is 5.52. The van der Waals surface area contributed by atoms with Crippen molar-refractivity contribution in [2.75, 3.05) is 23.0 Å². The Balaban J connectivity index is 1.60. The Labute approximate surface area is 188 Å². The van der Waals surface area contributed by atoms with Crippen LogP contribution < -0.4 is 10.2 Å². The fourth-order valence-electron chi connectivity index (χ4n) is 3.85. The highest BCUT2D eigenvalue weighted by Crippen LogP contribution is 2.33. The summed E-state index contributed by atoms with van der Waals surface area (Å²) in [7, 11) is 0. The zero-order chi connectivity index (χ0) is 21.3. The lowest BCUT2D eigenvalue weighted by atomic mass is 9.83. The number of aromatic nitrogens is 3. The normalized spacial score (nSPS) is 18.8. The Bertz CT molecular complexity index is 996. The molecule has 4 rings (SSSR count). The van der Waals surface area contributed by atoms with Gasteiger partial charge in [-0.2, -0.15) is 0 Å². The molecule has 1 atom stereocenters. The van der Waals surface area contributed by atoms with Crippen molar-refractivity contribution in [3.63, 3.8) is 0 Å². The molecule has 2 aromatic rings. The number of allylic oxidation sites excluding steroid dienone is 2. The molecular weight excluding hydrogens is 414 g/mol. The van der Waals surface area contributed by atoms with Crippen molar-refractivity contribution in [3.05, 3.63) is 58.4 Å². The van der Waals surface area contributed by atoms with Gasteiger partial charge in [0.1, 0.15) is 11.6 Å². The highest BCUT2D eigenvalue weighted by atomic mass is 35.5. The summed E-state index contributed by atoms with van der Waals surface area (Å²) in [5.74, 6) is 1.74. The molecule has 2 aromatic heterocycles. The van der Waals surface area contributed by atoms with Crippen LogP contribution in [0.5, 0.6) is 0 Å². The van der Waals surface area contributed by atoms with E-state index >= 15 is 0 Å². The molecule has 5 nitrogen and oxygen atoms in total. The van der Waals surface area contributed by atoms with Crippen molar-refractivity contribution in [3.8, 4) is 0 Å². The van der Waals surface area contributed by atoms with Crippen molar-refractivity contribution in [1.82, 2.24) is 15.0 Å². The van der Waals surface area contributed by atoms with Crippen LogP contribution in [0, 0.1) is 5.41 Å². The molecule has 0 aromatic carbocycles. The molecule has 30 heavy (non-hydrogen) atoms. The zero-order valence-corrected chi connectivity index (χ0v) is 19.5. The van der Waals surface area contributed by atoms with Crippen LogP contribution in [0.15, 0.2) is 47.3 Å². The summed E-state index contributed by atoms with van der Waals surface area (Å²) in [6.45, 7) is 8.29. The molecule has 1 aliphatic heterocycles. The van der Waals surface area contributed by atoms with Gasteiger partial charge in [0, 0.05) is 37.3 Å². The number of thioether (sulfide) groups is 1. The highest BCUT2D eigenvalue weighted by molar-refractivity contribution is 7.98. The maximum atomic E-state index is 6.41. The summed E-state index contributed by atoms with van der Waals surface area (Å²) < 4.78 is 0. The molecular formula is C23H28ClN5S. The summed E-state index contributed by atoms with van der Waals surface area (Å²) >= 11 is 7.99. The van der Waals surface area contributed by atoms with Crippen LogP contribution in [-0.4, -0.2) is 33.8 Å². The van der Waals surface area contributed by atoms with E-state index in [0.29, 0.717) is 11.6 Å². The van der Waals surface area contributed by atoms with Gasteiger partial charge in [-0.1, -0.05) is 62.4 Å². The lowest BCUT2D eigenvalue weighted by molar-refractivity contribution is 0.511. The van der Waals surface area contributed by atoms with Crippen molar-refractivity contribution in [1.29, 1.82) is 0 Å². The predicted molar refractivity (Wildman–Crippen MR) is 127 cm³/mol. The first-order valence-corrected chi connectivity index (χ1v) is 11.9. The second-order valence-corrected chi connectivity index (χ2v) is 9.90. The molecule has 3 heterocycles. The van der Waals surface area contributed by atoms with Gasteiger partial charge < -0.3 is 10.2 Å². The van der Waals surface area contributed by atoms with E-state index in [1.54, 1.807) is 18.0 Å². The lowest BCUT2D eigenvalue weighted by Crippen LogP contribution is -2.33. The molecule has 0 saturated carbocycles. The second-order valence-electron chi connectivity index (χ2n) is 8.72. The van der Waals surface area contributed by atoms with Crippen molar-refractivity contribution in [2.45, 2.75) is 51.4 Å². The van der Waals surface area contributed by atoms with E-state index in [1.165, 1.54) is 5.57 Å². The average molecular weight is 442 g/mol. The summed E-state index contributed by atoms with van der Waals surface area (Å²) in [5.41, 5.74) is 3.81. The summed E-state index contributed by atoms with van der Waals surface area (Å²) in [6, 6.07) is 3.97.